The predicted octanol–water partition coefficient (Wildman–Crippen LogP) is 0.0365. The Bertz CT molecular complexity index is 338. The van der Waals surface area contributed by atoms with Crippen LogP contribution in [0.5, 0.6) is 0 Å². The Hall–Kier alpha value is -1.05. The molecular formula is C10H16N4O2S. The summed E-state index contributed by atoms with van der Waals surface area (Å²) in [5, 5.41) is 6.03. The van der Waals surface area contributed by atoms with Gasteiger partial charge in [0.25, 0.3) is 5.91 Å². The molecule has 1 saturated heterocycles. The number of piperidine rings is 1. The Morgan fingerprint density at radius 1 is 1.59 bits per heavy atom. The van der Waals surface area contributed by atoms with Gasteiger partial charge in [0, 0.05) is 6.54 Å². The lowest BCUT2D eigenvalue weighted by molar-refractivity contribution is 0.0343. The molecule has 0 aromatic carbocycles. The summed E-state index contributed by atoms with van der Waals surface area (Å²) in [6, 6.07) is 0. The van der Waals surface area contributed by atoms with Crippen molar-refractivity contribution in [3.05, 3.63) is 11.9 Å². The molecule has 0 unspecified atom stereocenters. The lowest BCUT2D eigenvalue weighted by Gasteiger charge is -2.22. The van der Waals surface area contributed by atoms with E-state index in [0.29, 0.717) is 24.9 Å². The number of hydrogen-bond acceptors (Lipinski definition) is 6. The van der Waals surface area contributed by atoms with Gasteiger partial charge in [-0.3, -0.25) is 4.79 Å². The highest BCUT2D eigenvalue weighted by molar-refractivity contribution is 6.99. The first kappa shape index (κ1) is 12.4. The second-order valence-electron chi connectivity index (χ2n) is 3.87. The summed E-state index contributed by atoms with van der Waals surface area (Å²) >= 11 is 1.03. The van der Waals surface area contributed by atoms with E-state index in [-0.39, 0.29) is 5.91 Å². The average molecular weight is 256 g/mol. The number of nitrogens with one attached hydrogen (secondary N) is 2. The van der Waals surface area contributed by atoms with Gasteiger partial charge in [0.05, 0.1) is 30.6 Å². The molecule has 17 heavy (non-hydrogen) atoms. The van der Waals surface area contributed by atoms with E-state index in [1.165, 1.54) is 6.20 Å². The summed E-state index contributed by atoms with van der Waals surface area (Å²) < 4.78 is 13.3. The van der Waals surface area contributed by atoms with Gasteiger partial charge >= 0.3 is 0 Å². The van der Waals surface area contributed by atoms with Crippen molar-refractivity contribution in [1.29, 1.82) is 0 Å². The molecule has 0 saturated carbocycles. The quantitative estimate of drug-likeness (QED) is 0.727. The minimum absolute atomic E-state index is 0.187. The van der Waals surface area contributed by atoms with E-state index in [9.17, 15) is 4.79 Å². The largest absolute Gasteiger partial charge is 0.376 e. The third-order valence-electron chi connectivity index (χ3n) is 2.62. The maximum atomic E-state index is 11.5. The van der Waals surface area contributed by atoms with Gasteiger partial charge in [-0.15, -0.1) is 0 Å². The number of rotatable bonds is 5. The average Bonchev–Trinajstić information content (AvgIpc) is 2.89. The second-order valence-corrected chi connectivity index (χ2v) is 4.43. The van der Waals surface area contributed by atoms with Gasteiger partial charge in [0.15, 0.2) is 5.69 Å². The summed E-state index contributed by atoms with van der Waals surface area (Å²) in [4.78, 5) is 11.5. The molecular weight excluding hydrogens is 240 g/mol. The van der Waals surface area contributed by atoms with E-state index in [1.807, 2.05) is 0 Å². The van der Waals surface area contributed by atoms with Crippen LogP contribution >= 0.6 is 11.7 Å². The zero-order chi connectivity index (χ0) is 11.9. The summed E-state index contributed by atoms with van der Waals surface area (Å²) in [6.45, 7) is 3.09. The maximum Gasteiger partial charge on any atom is 0.272 e. The van der Waals surface area contributed by atoms with Crippen LogP contribution in [0.25, 0.3) is 0 Å². The van der Waals surface area contributed by atoms with Crippen LogP contribution in [0, 0.1) is 0 Å². The number of aromatic nitrogens is 2. The fourth-order valence-electron chi connectivity index (χ4n) is 1.71. The van der Waals surface area contributed by atoms with Crippen LogP contribution in [-0.2, 0) is 4.74 Å². The fourth-order valence-corrected chi connectivity index (χ4v) is 2.12. The van der Waals surface area contributed by atoms with Crippen molar-refractivity contribution in [2.45, 2.75) is 18.9 Å². The van der Waals surface area contributed by atoms with Gasteiger partial charge < -0.3 is 15.4 Å². The Morgan fingerprint density at radius 2 is 2.41 bits per heavy atom. The van der Waals surface area contributed by atoms with Crippen LogP contribution in [-0.4, -0.2) is 47.0 Å². The molecule has 1 amide bonds. The molecule has 94 valence electrons. The van der Waals surface area contributed by atoms with E-state index in [0.717, 1.165) is 37.7 Å². The molecule has 0 spiro atoms. The number of ether oxygens (including phenoxy) is 1. The van der Waals surface area contributed by atoms with Crippen molar-refractivity contribution >= 4 is 17.6 Å². The second kappa shape index (κ2) is 6.63. The molecule has 7 heteroatoms. The molecule has 2 N–H and O–H groups in total. The van der Waals surface area contributed by atoms with Crippen LogP contribution in [0.1, 0.15) is 23.3 Å². The molecule has 1 aromatic rings. The minimum atomic E-state index is -0.187. The molecule has 2 heterocycles. The van der Waals surface area contributed by atoms with Crippen molar-refractivity contribution in [1.82, 2.24) is 19.4 Å². The highest BCUT2D eigenvalue weighted by atomic mass is 32.1. The van der Waals surface area contributed by atoms with Crippen molar-refractivity contribution in [3.63, 3.8) is 0 Å². The Balaban J connectivity index is 1.58. The molecule has 2 rings (SSSR count). The third kappa shape index (κ3) is 4.03. The number of carbonyl (C=O) groups excluding carboxylic acids is 1. The number of hydrogen-bond donors (Lipinski definition) is 2. The van der Waals surface area contributed by atoms with E-state index in [1.54, 1.807) is 0 Å². The van der Waals surface area contributed by atoms with Gasteiger partial charge in [-0.05, 0) is 25.9 Å². The van der Waals surface area contributed by atoms with E-state index < -0.39 is 0 Å². The molecule has 0 atom stereocenters. The van der Waals surface area contributed by atoms with Gasteiger partial charge in [-0.2, -0.15) is 8.75 Å². The smallest absolute Gasteiger partial charge is 0.272 e. The highest BCUT2D eigenvalue weighted by Gasteiger charge is 2.13. The van der Waals surface area contributed by atoms with Crippen LogP contribution in [0.15, 0.2) is 6.20 Å². The van der Waals surface area contributed by atoms with Crippen molar-refractivity contribution in [3.8, 4) is 0 Å². The number of amides is 1. The van der Waals surface area contributed by atoms with Crippen LogP contribution in [0.2, 0.25) is 0 Å². The van der Waals surface area contributed by atoms with Gasteiger partial charge in [0.1, 0.15) is 0 Å². The molecule has 0 aliphatic carbocycles. The summed E-state index contributed by atoms with van der Waals surface area (Å²) in [7, 11) is 0. The van der Waals surface area contributed by atoms with Crippen molar-refractivity contribution < 1.29 is 9.53 Å². The molecule has 0 radical (unpaired) electrons. The monoisotopic (exact) mass is 256 g/mol. The summed E-state index contributed by atoms with van der Waals surface area (Å²) in [5.74, 6) is -0.187. The Kier molecular flexibility index (Phi) is 4.84. The fraction of sp³-hybridized carbons (Fsp3) is 0.700. The van der Waals surface area contributed by atoms with Gasteiger partial charge in [0.2, 0.25) is 0 Å². The molecule has 0 bridgehead atoms. The topological polar surface area (TPSA) is 76.1 Å². The zero-order valence-corrected chi connectivity index (χ0v) is 10.3. The van der Waals surface area contributed by atoms with Crippen LogP contribution in [0.4, 0.5) is 0 Å². The lowest BCUT2D eigenvalue weighted by Crippen LogP contribution is -2.34. The minimum Gasteiger partial charge on any atom is -0.376 e. The summed E-state index contributed by atoms with van der Waals surface area (Å²) in [5.41, 5.74) is 0.372. The molecule has 6 nitrogen and oxygen atoms in total. The van der Waals surface area contributed by atoms with E-state index in [4.69, 9.17) is 4.74 Å². The highest BCUT2D eigenvalue weighted by Crippen LogP contribution is 2.06. The maximum absolute atomic E-state index is 11.5. The van der Waals surface area contributed by atoms with Crippen LogP contribution in [0.3, 0.4) is 0 Å². The predicted molar refractivity (Wildman–Crippen MR) is 64.1 cm³/mol. The molecule has 1 aromatic heterocycles. The molecule has 1 aliphatic rings. The van der Waals surface area contributed by atoms with Crippen LogP contribution < -0.4 is 10.6 Å². The number of carbonyl (C=O) groups is 1. The van der Waals surface area contributed by atoms with E-state index in [2.05, 4.69) is 19.4 Å². The van der Waals surface area contributed by atoms with Gasteiger partial charge in [-0.25, -0.2) is 0 Å². The van der Waals surface area contributed by atoms with Crippen molar-refractivity contribution in [2.24, 2.45) is 0 Å². The Morgan fingerprint density at radius 3 is 3.12 bits per heavy atom. The summed E-state index contributed by atoms with van der Waals surface area (Å²) in [6.07, 6.45) is 3.88. The zero-order valence-electron chi connectivity index (χ0n) is 9.52. The first-order valence-electron chi connectivity index (χ1n) is 5.74. The first-order valence-corrected chi connectivity index (χ1v) is 6.47. The van der Waals surface area contributed by atoms with Gasteiger partial charge in [-0.1, -0.05) is 0 Å². The normalized spacial score (nSPS) is 16.9. The van der Waals surface area contributed by atoms with E-state index >= 15 is 0 Å². The molecule has 1 fully saturated rings. The SMILES string of the molecule is O=C(NCCOC1CCNCC1)c1cnsn1. The molecule has 1 aliphatic heterocycles. The third-order valence-corrected chi connectivity index (χ3v) is 3.10. The standard InChI is InChI=1S/C10H16N4O2S/c15-10(9-7-13-17-14-9)12-5-6-16-8-1-3-11-4-2-8/h7-8,11H,1-6H2,(H,12,15). The lowest BCUT2D eigenvalue weighted by atomic mass is 10.1. The first-order chi connectivity index (χ1) is 8.36. The number of nitrogens with zero attached hydrogens (tertiary/aromatic N) is 2. The van der Waals surface area contributed by atoms with Crippen molar-refractivity contribution in [2.75, 3.05) is 26.2 Å². The Labute approximate surface area is 104 Å².